The van der Waals surface area contributed by atoms with Crippen LogP contribution < -0.4 is 10.6 Å². The molecule has 0 amide bonds. The third-order valence-electron chi connectivity index (χ3n) is 4.55. The molecule has 0 aromatic heterocycles. The molecule has 1 aromatic rings. The summed E-state index contributed by atoms with van der Waals surface area (Å²) in [6.45, 7) is 8.60. The molecule has 2 N–H and O–H groups in total. The van der Waals surface area contributed by atoms with Crippen molar-refractivity contribution in [3.05, 3.63) is 35.3 Å². The Morgan fingerprint density at radius 2 is 1.68 bits per heavy atom. The van der Waals surface area contributed by atoms with Crippen molar-refractivity contribution < 1.29 is 9.31 Å². The predicted molar refractivity (Wildman–Crippen MR) is 93.9 cm³/mol. The first kappa shape index (κ1) is 17.1. The zero-order chi connectivity index (χ0) is 16.5. The number of hydrogen-bond acceptors (Lipinski definition) is 4. The van der Waals surface area contributed by atoms with Crippen LogP contribution in [0.25, 0.3) is 6.08 Å². The minimum absolute atomic E-state index is 0.354. The van der Waals surface area contributed by atoms with Gasteiger partial charge in [-0.3, -0.25) is 0 Å². The smallest absolute Gasteiger partial charge is 0.400 e. The Kier molecular flexibility index (Phi) is 4.71. The van der Waals surface area contributed by atoms with E-state index in [2.05, 4.69) is 50.8 Å². The van der Waals surface area contributed by atoms with Crippen LogP contribution in [-0.2, 0) is 9.31 Å². The number of benzene rings is 1. The number of para-hydroxylation sites is 1. The van der Waals surface area contributed by atoms with E-state index < -0.39 is 7.12 Å². The van der Waals surface area contributed by atoms with Crippen molar-refractivity contribution in [2.24, 2.45) is 5.73 Å². The first-order valence-electron chi connectivity index (χ1n) is 7.70. The van der Waals surface area contributed by atoms with Crippen LogP contribution >= 0.6 is 0 Å². The summed E-state index contributed by atoms with van der Waals surface area (Å²) in [6.07, 6.45) is 2.08. The second-order valence-corrected chi connectivity index (χ2v) is 6.96. The summed E-state index contributed by atoms with van der Waals surface area (Å²) >= 11 is 0. The normalized spacial score (nSPS) is 20.3. The van der Waals surface area contributed by atoms with E-state index in [1.807, 2.05) is 26.2 Å². The van der Waals surface area contributed by atoms with Crippen LogP contribution in [0.5, 0.6) is 0 Å². The van der Waals surface area contributed by atoms with Crippen molar-refractivity contribution in [3.63, 3.8) is 0 Å². The highest BCUT2D eigenvalue weighted by Gasteiger charge is 2.52. The van der Waals surface area contributed by atoms with E-state index >= 15 is 0 Å². The van der Waals surface area contributed by atoms with Gasteiger partial charge in [-0.2, -0.15) is 0 Å². The largest absolute Gasteiger partial charge is 0.491 e. The quantitative estimate of drug-likeness (QED) is 0.869. The maximum absolute atomic E-state index is 6.11. The van der Waals surface area contributed by atoms with E-state index in [-0.39, 0.29) is 11.2 Å². The average Bonchev–Trinajstić information content (AvgIpc) is 2.64. The lowest BCUT2D eigenvalue weighted by molar-refractivity contribution is 0.00578. The zero-order valence-corrected chi connectivity index (χ0v) is 14.5. The first-order valence-corrected chi connectivity index (χ1v) is 7.70. The van der Waals surface area contributed by atoms with Crippen LogP contribution in [0.1, 0.15) is 33.3 Å². The molecule has 2 rings (SSSR count). The SMILES string of the molecule is CN(C)c1ccccc1C=C(CN)B1OC(C)(C)C(C)(C)O1. The van der Waals surface area contributed by atoms with Gasteiger partial charge in [0.05, 0.1) is 11.2 Å². The molecule has 1 saturated heterocycles. The fourth-order valence-corrected chi connectivity index (χ4v) is 2.43. The van der Waals surface area contributed by atoms with Gasteiger partial charge in [0.25, 0.3) is 0 Å². The summed E-state index contributed by atoms with van der Waals surface area (Å²) in [7, 11) is 3.66. The highest BCUT2D eigenvalue weighted by atomic mass is 16.7. The van der Waals surface area contributed by atoms with Gasteiger partial charge in [0.1, 0.15) is 0 Å². The molecule has 0 atom stereocenters. The Morgan fingerprint density at radius 3 is 2.18 bits per heavy atom. The molecule has 1 aliphatic rings. The van der Waals surface area contributed by atoms with Crippen molar-refractivity contribution >= 4 is 18.9 Å². The summed E-state index contributed by atoms with van der Waals surface area (Å²) in [5.74, 6) is 0. The lowest BCUT2D eigenvalue weighted by atomic mass is 9.77. The van der Waals surface area contributed by atoms with Crippen LogP contribution in [0.15, 0.2) is 29.7 Å². The molecular weight excluding hydrogens is 275 g/mol. The van der Waals surface area contributed by atoms with Gasteiger partial charge in [-0.1, -0.05) is 24.3 Å². The Labute approximate surface area is 134 Å². The zero-order valence-electron chi connectivity index (χ0n) is 14.5. The predicted octanol–water partition coefficient (Wildman–Crippen LogP) is 2.73. The minimum Gasteiger partial charge on any atom is -0.400 e. The molecule has 1 heterocycles. The topological polar surface area (TPSA) is 47.7 Å². The van der Waals surface area contributed by atoms with E-state index in [4.69, 9.17) is 15.0 Å². The van der Waals surface area contributed by atoms with Gasteiger partial charge in [-0.25, -0.2) is 0 Å². The lowest BCUT2D eigenvalue weighted by Gasteiger charge is -2.32. The molecule has 1 aromatic carbocycles. The average molecular weight is 302 g/mol. The third kappa shape index (κ3) is 3.22. The molecule has 120 valence electrons. The summed E-state index contributed by atoms with van der Waals surface area (Å²) in [4.78, 5) is 2.09. The number of hydrogen-bond donors (Lipinski definition) is 1. The van der Waals surface area contributed by atoms with E-state index in [0.29, 0.717) is 6.54 Å². The van der Waals surface area contributed by atoms with E-state index in [0.717, 1.165) is 16.7 Å². The minimum atomic E-state index is -0.398. The highest BCUT2D eigenvalue weighted by molar-refractivity contribution is 6.56. The van der Waals surface area contributed by atoms with E-state index in [1.165, 1.54) is 0 Å². The summed E-state index contributed by atoms with van der Waals surface area (Å²) in [5, 5.41) is 0. The van der Waals surface area contributed by atoms with Gasteiger partial charge in [-0.05, 0) is 44.8 Å². The van der Waals surface area contributed by atoms with Crippen LogP contribution in [0.2, 0.25) is 0 Å². The van der Waals surface area contributed by atoms with Gasteiger partial charge in [0, 0.05) is 26.3 Å². The standard InChI is InChI=1S/C17H27BN2O2/c1-16(2)17(3,4)22-18(21-16)14(12-19)11-13-9-7-8-10-15(13)20(5)6/h7-11H,12,19H2,1-6H3. The van der Waals surface area contributed by atoms with Crippen LogP contribution in [-0.4, -0.2) is 39.0 Å². The molecule has 1 fully saturated rings. The monoisotopic (exact) mass is 302 g/mol. The van der Waals surface area contributed by atoms with E-state index in [9.17, 15) is 0 Å². The molecule has 0 saturated carbocycles. The Hall–Kier alpha value is -1.30. The summed E-state index contributed by atoms with van der Waals surface area (Å²) < 4.78 is 12.2. The second-order valence-electron chi connectivity index (χ2n) is 6.96. The number of nitrogens with two attached hydrogens (primary N) is 1. The van der Waals surface area contributed by atoms with Gasteiger partial charge in [0.2, 0.25) is 0 Å². The fourth-order valence-electron chi connectivity index (χ4n) is 2.43. The Morgan fingerprint density at radius 1 is 1.14 bits per heavy atom. The molecule has 0 unspecified atom stereocenters. The summed E-state index contributed by atoms with van der Waals surface area (Å²) in [5.41, 5.74) is 8.46. The highest BCUT2D eigenvalue weighted by Crippen LogP contribution is 2.38. The molecular formula is C17H27BN2O2. The molecule has 0 radical (unpaired) electrons. The third-order valence-corrected chi connectivity index (χ3v) is 4.55. The van der Waals surface area contributed by atoms with Crippen molar-refractivity contribution in [3.8, 4) is 0 Å². The molecule has 5 heteroatoms. The van der Waals surface area contributed by atoms with Crippen molar-refractivity contribution in [1.82, 2.24) is 0 Å². The van der Waals surface area contributed by atoms with Crippen molar-refractivity contribution in [2.45, 2.75) is 38.9 Å². The molecule has 4 nitrogen and oxygen atoms in total. The Balaban J connectivity index is 2.34. The van der Waals surface area contributed by atoms with Crippen LogP contribution in [0.4, 0.5) is 5.69 Å². The second kappa shape index (κ2) is 6.07. The van der Waals surface area contributed by atoms with E-state index in [1.54, 1.807) is 0 Å². The van der Waals surface area contributed by atoms with Gasteiger partial charge in [0.15, 0.2) is 0 Å². The number of rotatable bonds is 4. The summed E-state index contributed by atoms with van der Waals surface area (Å²) in [6, 6.07) is 8.22. The maximum atomic E-state index is 6.11. The molecule has 1 aliphatic heterocycles. The van der Waals surface area contributed by atoms with Gasteiger partial charge < -0.3 is 19.9 Å². The van der Waals surface area contributed by atoms with Crippen molar-refractivity contribution in [1.29, 1.82) is 0 Å². The molecule has 22 heavy (non-hydrogen) atoms. The number of nitrogens with zero attached hydrogens (tertiary/aromatic N) is 1. The first-order chi connectivity index (χ1) is 10.2. The van der Waals surface area contributed by atoms with Crippen LogP contribution in [0.3, 0.4) is 0 Å². The lowest BCUT2D eigenvalue weighted by Crippen LogP contribution is -2.41. The Bertz CT molecular complexity index is 552. The van der Waals surface area contributed by atoms with Gasteiger partial charge in [-0.15, -0.1) is 0 Å². The molecule has 0 spiro atoms. The maximum Gasteiger partial charge on any atom is 0.491 e. The molecule has 0 aliphatic carbocycles. The van der Waals surface area contributed by atoms with Crippen molar-refractivity contribution in [2.75, 3.05) is 25.5 Å². The van der Waals surface area contributed by atoms with Gasteiger partial charge >= 0.3 is 7.12 Å². The van der Waals surface area contributed by atoms with Crippen LogP contribution in [0, 0.1) is 0 Å². The fraction of sp³-hybridized carbons (Fsp3) is 0.529. The molecule has 0 bridgehead atoms. The number of anilines is 1.